The van der Waals surface area contributed by atoms with Crippen molar-refractivity contribution in [2.75, 3.05) is 6.54 Å². The molecule has 1 atom stereocenters. The second-order valence-corrected chi connectivity index (χ2v) is 5.58. The summed E-state index contributed by atoms with van der Waals surface area (Å²) in [6.07, 6.45) is 2.85. The molecule has 3 nitrogen and oxygen atoms in total. The zero-order valence-electron chi connectivity index (χ0n) is 9.50. The fourth-order valence-electron chi connectivity index (χ4n) is 2.20. The third kappa shape index (κ3) is 1.49. The van der Waals surface area contributed by atoms with Crippen molar-refractivity contribution in [1.82, 2.24) is 15.3 Å². The van der Waals surface area contributed by atoms with Crippen molar-refractivity contribution >= 4 is 11.3 Å². The summed E-state index contributed by atoms with van der Waals surface area (Å²) >= 11 is 1.87. The summed E-state index contributed by atoms with van der Waals surface area (Å²) in [6, 6.07) is 2.56. The maximum atomic E-state index is 4.44. The van der Waals surface area contributed by atoms with Crippen LogP contribution in [0, 0.1) is 13.8 Å². The van der Waals surface area contributed by atoms with E-state index in [1.54, 1.807) is 6.33 Å². The first kappa shape index (κ1) is 10.1. The lowest BCUT2D eigenvalue weighted by molar-refractivity contribution is 0.560. The Bertz CT molecular complexity index is 493. The lowest BCUT2D eigenvalue weighted by atomic mass is 10.0. The molecule has 84 valence electrons. The molecular formula is C12H15N3S. The Morgan fingerprint density at radius 3 is 3.06 bits per heavy atom. The lowest BCUT2D eigenvalue weighted by Gasteiger charge is -2.21. The SMILES string of the molecule is Cc1cc(C2NCCc3[nH]cnc32)sc1C. The molecule has 1 unspecified atom stereocenters. The molecule has 2 aromatic rings. The van der Waals surface area contributed by atoms with E-state index in [9.17, 15) is 0 Å². The number of H-pyrrole nitrogens is 1. The molecule has 2 aromatic heterocycles. The minimum absolute atomic E-state index is 0.285. The third-order valence-corrected chi connectivity index (χ3v) is 4.44. The maximum absolute atomic E-state index is 4.44. The molecule has 0 spiro atoms. The van der Waals surface area contributed by atoms with Crippen molar-refractivity contribution in [3.8, 4) is 0 Å². The van der Waals surface area contributed by atoms with Gasteiger partial charge in [-0.05, 0) is 25.5 Å². The standard InChI is InChI=1S/C12H15N3S/c1-7-5-10(16-8(7)2)12-11-9(3-4-13-12)14-6-15-11/h5-6,12-13H,3-4H2,1-2H3,(H,14,15). The minimum Gasteiger partial charge on any atom is -0.348 e. The molecule has 0 aromatic carbocycles. The summed E-state index contributed by atoms with van der Waals surface area (Å²) in [6.45, 7) is 5.37. The minimum atomic E-state index is 0.285. The molecule has 0 radical (unpaired) electrons. The van der Waals surface area contributed by atoms with Crippen molar-refractivity contribution in [2.45, 2.75) is 26.3 Å². The van der Waals surface area contributed by atoms with Crippen LogP contribution in [0.3, 0.4) is 0 Å². The zero-order valence-corrected chi connectivity index (χ0v) is 10.3. The molecule has 2 N–H and O–H groups in total. The average molecular weight is 233 g/mol. The molecule has 0 fully saturated rings. The van der Waals surface area contributed by atoms with Gasteiger partial charge in [0.2, 0.25) is 0 Å². The second-order valence-electron chi connectivity index (χ2n) is 4.29. The predicted octanol–water partition coefficient (Wildman–Crippen LogP) is 2.32. The highest BCUT2D eigenvalue weighted by Crippen LogP contribution is 2.32. The van der Waals surface area contributed by atoms with Crippen LogP contribution in [0.5, 0.6) is 0 Å². The molecular weight excluding hydrogens is 218 g/mol. The number of imidazole rings is 1. The van der Waals surface area contributed by atoms with Gasteiger partial charge >= 0.3 is 0 Å². The molecule has 0 amide bonds. The highest BCUT2D eigenvalue weighted by atomic mass is 32.1. The van der Waals surface area contributed by atoms with Gasteiger partial charge in [0.05, 0.1) is 18.1 Å². The van der Waals surface area contributed by atoms with E-state index >= 15 is 0 Å². The lowest BCUT2D eigenvalue weighted by Crippen LogP contribution is -2.30. The fraction of sp³-hybridized carbons (Fsp3) is 0.417. The number of aromatic nitrogens is 2. The molecule has 0 saturated heterocycles. The third-order valence-electron chi connectivity index (χ3n) is 3.22. The van der Waals surface area contributed by atoms with E-state index in [4.69, 9.17) is 0 Å². The van der Waals surface area contributed by atoms with Gasteiger partial charge in [-0.25, -0.2) is 4.98 Å². The number of hydrogen-bond acceptors (Lipinski definition) is 3. The first-order valence-corrected chi connectivity index (χ1v) is 6.40. The Labute approximate surface area is 98.9 Å². The zero-order chi connectivity index (χ0) is 11.1. The maximum Gasteiger partial charge on any atom is 0.0926 e. The Balaban J connectivity index is 2.03. The van der Waals surface area contributed by atoms with E-state index in [1.165, 1.54) is 26.7 Å². The van der Waals surface area contributed by atoms with Crippen LogP contribution >= 0.6 is 11.3 Å². The van der Waals surface area contributed by atoms with Crippen molar-refractivity contribution in [3.05, 3.63) is 39.1 Å². The van der Waals surface area contributed by atoms with Gasteiger partial charge in [-0.2, -0.15) is 0 Å². The van der Waals surface area contributed by atoms with Gasteiger partial charge in [0, 0.05) is 28.4 Å². The van der Waals surface area contributed by atoms with Crippen molar-refractivity contribution in [3.63, 3.8) is 0 Å². The molecule has 3 heterocycles. The fourth-order valence-corrected chi connectivity index (χ4v) is 3.32. The van der Waals surface area contributed by atoms with E-state index in [0.717, 1.165) is 13.0 Å². The van der Waals surface area contributed by atoms with Crippen molar-refractivity contribution in [2.24, 2.45) is 0 Å². The number of aromatic amines is 1. The summed E-state index contributed by atoms with van der Waals surface area (Å²) in [5.74, 6) is 0. The second kappa shape index (κ2) is 3.71. The Hall–Kier alpha value is -1.13. The summed E-state index contributed by atoms with van der Waals surface area (Å²) in [7, 11) is 0. The number of aryl methyl sites for hydroxylation is 2. The van der Waals surface area contributed by atoms with E-state index in [0.29, 0.717) is 0 Å². The van der Waals surface area contributed by atoms with Crippen LogP contribution < -0.4 is 5.32 Å². The van der Waals surface area contributed by atoms with Gasteiger partial charge in [0.1, 0.15) is 0 Å². The topological polar surface area (TPSA) is 40.7 Å². The van der Waals surface area contributed by atoms with Crippen LogP contribution in [0.15, 0.2) is 12.4 Å². The Kier molecular flexibility index (Phi) is 2.33. The quantitative estimate of drug-likeness (QED) is 0.793. The van der Waals surface area contributed by atoms with Gasteiger partial charge < -0.3 is 10.3 Å². The van der Waals surface area contributed by atoms with E-state index in [1.807, 2.05) is 11.3 Å². The summed E-state index contributed by atoms with van der Waals surface area (Å²) in [5, 5.41) is 3.55. The molecule has 3 rings (SSSR count). The summed E-state index contributed by atoms with van der Waals surface area (Å²) in [5.41, 5.74) is 3.84. The first-order chi connectivity index (χ1) is 7.75. The molecule has 1 aliphatic rings. The number of nitrogens with zero attached hydrogens (tertiary/aromatic N) is 1. The number of hydrogen-bond donors (Lipinski definition) is 2. The van der Waals surface area contributed by atoms with Crippen LogP contribution in [-0.4, -0.2) is 16.5 Å². The molecule has 16 heavy (non-hydrogen) atoms. The van der Waals surface area contributed by atoms with Gasteiger partial charge in [0.25, 0.3) is 0 Å². The molecule has 0 saturated carbocycles. The number of fused-ring (bicyclic) bond motifs is 1. The molecule has 0 aliphatic carbocycles. The van der Waals surface area contributed by atoms with E-state index < -0.39 is 0 Å². The van der Waals surface area contributed by atoms with Crippen LogP contribution in [-0.2, 0) is 6.42 Å². The van der Waals surface area contributed by atoms with Crippen LogP contribution in [0.2, 0.25) is 0 Å². The van der Waals surface area contributed by atoms with Gasteiger partial charge in [-0.1, -0.05) is 0 Å². The monoisotopic (exact) mass is 233 g/mol. The predicted molar refractivity (Wildman–Crippen MR) is 65.9 cm³/mol. The highest BCUT2D eigenvalue weighted by Gasteiger charge is 2.25. The normalized spacial score (nSPS) is 19.8. The summed E-state index contributed by atoms with van der Waals surface area (Å²) in [4.78, 5) is 10.5. The van der Waals surface area contributed by atoms with Crippen LogP contribution in [0.25, 0.3) is 0 Å². The number of thiophene rings is 1. The smallest absolute Gasteiger partial charge is 0.0926 e. The average Bonchev–Trinajstić information content (AvgIpc) is 2.85. The Morgan fingerprint density at radius 2 is 2.31 bits per heavy atom. The van der Waals surface area contributed by atoms with E-state index in [2.05, 4.69) is 35.2 Å². The number of rotatable bonds is 1. The van der Waals surface area contributed by atoms with Crippen LogP contribution in [0.4, 0.5) is 0 Å². The molecule has 4 heteroatoms. The van der Waals surface area contributed by atoms with Crippen molar-refractivity contribution < 1.29 is 0 Å². The molecule has 0 bridgehead atoms. The van der Waals surface area contributed by atoms with Gasteiger partial charge in [-0.3, -0.25) is 0 Å². The summed E-state index contributed by atoms with van der Waals surface area (Å²) < 4.78 is 0. The molecule has 1 aliphatic heterocycles. The first-order valence-electron chi connectivity index (χ1n) is 5.58. The van der Waals surface area contributed by atoms with Crippen LogP contribution in [0.1, 0.15) is 32.7 Å². The van der Waals surface area contributed by atoms with Crippen molar-refractivity contribution in [1.29, 1.82) is 0 Å². The largest absolute Gasteiger partial charge is 0.348 e. The van der Waals surface area contributed by atoms with Gasteiger partial charge in [0.15, 0.2) is 0 Å². The van der Waals surface area contributed by atoms with E-state index in [-0.39, 0.29) is 6.04 Å². The number of nitrogens with one attached hydrogen (secondary N) is 2. The Morgan fingerprint density at radius 1 is 1.44 bits per heavy atom. The van der Waals surface area contributed by atoms with Gasteiger partial charge in [-0.15, -0.1) is 11.3 Å². The highest BCUT2D eigenvalue weighted by molar-refractivity contribution is 7.12.